The third kappa shape index (κ3) is 3.09. The molecule has 0 radical (unpaired) electrons. The summed E-state index contributed by atoms with van der Waals surface area (Å²) < 4.78 is 5.22. The standard InChI is InChI=1S/C15H20O2/c1-2-3-10-17-15(16)14-9-8-12-6-4-5-7-13(12)11-14/h8-9,11H,2-7,10H2,1H3. The van der Waals surface area contributed by atoms with Gasteiger partial charge < -0.3 is 4.74 Å². The van der Waals surface area contributed by atoms with Crippen LogP contribution in [0.1, 0.15) is 54.1 Å². The Hall–Kier alpha value is -1.31. The molecule has 1 aromatic rings. The highest BCUT2D eigenvalue weighted by Gasteiger charge is 2.13. The van der Waals surface area contributed by atoms with Crippen LogP contribution in [0, 0.1) is 0 Å². The fourth-order valence-corrected chi connectivity index (χ4v) is 2.25. The van der Waals surface area contributed by atoms with Crippen LogP contribution in [0.25, 0.3) is 0 Å². The Morgan fingerprint density at radius 2 is 2.00 bits per heavy atom. The second kappa shape index (κ2) is 5.85. The van der Waals surface area contributed by atoms with Crippen molar-refractivity contribution in [2.24, 2.45) is 0 Å². The van der Waals surface area contributed by atoms with E-state index in [9.17, 15) is 4.79 Å². The summed E-state index contributed by atoms with van der Waals surface area (Å²) in [6.07, 6.45) is 6.76. The largest absolute Gasteiger partial charge is 0.462 e. The van der Waals surface area contributed by atoms with Gasteiger partial charge in [-0.2, -0.15) is 0 Å². The summed E-state index contributed by atoms with van der Waals surface area (Å²) in [5, 5.41) is 0. The second-order valence-electron chi connectivity index (χ2n) is 4.68. The molecule has 0 spiro atoms. The number of esters is 1. The van der Waals surface area contributed by atoms with Crippen molar-refractivity contribution in [3.8, 4) is 0 Å². The highest BCUT2D eigenvalue weighted by atomic mass is 16.5. The average molecular weight is 232 g/mol. The van der Waals surface area contributed by atoms with Crippen LogP contribution >= 0.6 is 0 Å². The van der Waals surface area contributed by atoms with Crippen LogP contribution < -0.4 is 0 Å². The van der Waals surface area contributed by atoms with E-state index in [0.717, 1.165) is 25.7 Å². The Morgan fingerprint density at radius 1 is 1.24 bits per heavy atom. The molecule has 0 aromatic heterocycles. The minimum absolute atomic E-state index is 0.174. The predicted molar refractivity (Wildman–Crippen MR) is 68.3 cm³/mol. The number of carbonyl (C=O) groups excluding carboxylic acids is 1. The maximum atomic E-state index is 11.8. The molecule has 2 nitrogen and oxygen atoms in total. The molecule has 0 bridgehead atoms. The lowest BCUT2D eigenvalue weighted by Crippen LogP contribution is -2.09. The molecule has 92 valence electrons. The maximum absolute atomic E-state index is 11.8. The molecule has 0 amide bonds. The van der Waals surface area contributed by atoms with Crippen molar-refractivity contribution in [3.63, 3.8) is 0 Å². The number of carbonyl (C=O) groups is 1. The van der Waals surface area contributed by atoms with Crippen molar-refractivity contribution in [3.05, 3.63) is 34.9 Å². The Kier molecular flexibility index (Phi) is 4.18. The Morgan fingerprint density at radius 3 is 2.76 bits per heavy atom. The zero-order valence-electron chi connectivity index (χ0n) is 10.5. The van der Waals surface area contributed by atoms with E-state index in [1.165, 1.54) is 24.0 Å². The lowest BCUT2D eigenvalue weighted by molar-refractivity contribution is 0.0499. The van der Waals surface area contributed by atoms with E-state index in [1.54, 1.807) is 0 Å². The van der Waals surface area contributed by atoms with Gasteiger partial charge in [0.15, 0.2) is 0 Å². The summed E-state index contributed by atoms with van der Waals surface area (Å²) >= 11 is 0. The average Bonchev–Trinajstić information content (AvgIpc) is 2.38. The summed E-state index contributed by atoms with van der Waals surface area (Å²) in [6.45, 7) is 2.62. The highest BCUT2D eigenvalue weighted by Crippen LogP contribution is 2.22. The van der Waals surface area contributed by atoms with Crippen LogP contribution in [-0.4, -0.2) is 12.6 Å². The van der Waals surface area contributed by atoms with E-state index >= 15 is 0 Å². The van der Waals surface area contributed by atoms with Crippen molar-refractivity contribution < 1.29 is 9.53 Å². The fourth-order valence-electron chi connectivity index (χ4n) is 2.25. The Balaban J connectivity index is 2.03. The third-order valence-corrected chi connectivity index (χ3v) is 3.32. The van der Waals surface area contributed by atoms with Gasteiger partial charge in [-0.3, -0.25) is 0 Å². The molecule has 0 saturated heterocycles. The fraction of sp³-hybridized carbons (Fsp3) is 0.533. The van der Waals surface area contributed by atoms with Gasteiger partial charge >= 0.3 is 5.97 Å². The first-order valence-corrected chi connectivity index (χ1v) is 6.60. The van der Waals surface area contributed by atoms with Crippen molar-refractivity contribution in [2.45, 2.75) is 45.4 Å². The topological polar surface area (TPSA) is 26.3 Å². The molecule has 1 aliphatic rings. The molecule has 0 unspecified atom stereocenters. The van der Waals surface area contributed by atoms with Crippen molar-refractivity contribution >= 4 is 5.97 Å². The zero-order chi connectivity index (χ0) is 12.1. The third-order valence-electron chi connectivity index (χ3n) is 3.32. The van der Waals surface area contributed by atoms with Crippen LogP contribution in [0.15, 0.2) is 18.2 Å². The number of unbranched alkanes of at least 4 members (excludes halogenated alkanes) is 1. The summed E-state index contributed by atoms with van der Waals surface area (Å²) in [4.78, 5) is 11.8. The molecule has 2 heteroatoms. The normalized spacial score (nSPS) is 14.2. The highest BCUT2D eigenvalue weighted by molar-refractivity contribution is 5.89. The SMILES string of the molecule is CCCCOC(=O)c1ccc2c(c1)CCCC2. The first-order valence-electron chi connectivity index (χ1n) is 6.60. The lowest BCUT2D eigenvalue weighted by Gasteiger charge is -2.16. The lowest BCUT2D eigenvalue weighted by atomic mass is 9.90. The molecule has 1 aliphatic carbocycles. The Labute approximate surface area is 103 Å². The first-order chi connectivity index (χ1) is 8.31. The van der Waals surface area contributed by atoms with Gasteiger partial charge in [-0.25, -0.2) is 4.79 Å². The molecule has 1 aromatic carbocycles. The van der Waals surface area contributed by atoms with E-state index in [4.69, 9.17) is 4.74 Å². The minimum atomic E-state index is -0.174. The van der Waals surface area contributed by atoms with Crippen LogP contribution in [0.2, 0.25) is 0 Å². The van der Waals surface area contributed by atoms with E-state index in [2.05, 4.69) is 13.0 Å². The van der Waals surface area contributed by atoms with Crippen LogP contribution in [0.3, 0.4) is 0 Å². The molecule has 0 saturated carbocycles. The van der Waals surface area contributed by atoms with Gasteiger partial charge in [0.1, 0.15) is 0 Å². The molecule has 0 heterocycles. The van der Waals surface area contributed by atoms with Gasteiger partial charge in [-0.15, -0.1) is 0 Å². The molecule has 0 atom stereocenters. The van der Waals surface area contributed by atoms with E-state index in [1.807, 2.05) is 12.1 Å². The van der Waals surface area contributed by atoms with Gasteiger partial charge in [0.25, 0.3) is 0 Å². The number of fused-ring (bicyclic) bond motifs is 1. The minimum Gasteiger partial charge on any atom is -0.462 e. The Bertz CT molecular complexity index is 396. The molecular formula is C15H20O2. The molecule has 17 heavy (non-hydrogen) atoms. The number of aryl methyl sites for hydroxylation is 2. The molecule has 0 aliphatic heterocycles. The molecular weight excluding hydrogens is 212 g/mol. The van der Waals surface area contributed by atoms with Gasteiger partial charge in [-0.1, -0.05) is 19.4 Å². The van der Waals surface area contributed by atoms with E-state index < -0.39 is 0 Å². The first kappa shape index (κ1) is 12.2. The van der Waals surface area contributed by atoms with Gasteiger partial charge in [0.2, 0.25) is 0 Å². The second-order valence-corrected chi connectivity index (χ2v) is 4.68. The number of ether oxygens (including phenoxy) is 1. The smallest absolute Gasteiger partial charge is 0.338 e. The summed E-state index contributed by atoms with van der Waals surface area (Å²) in [5.74, 6) is -0.174. The maximum Gasteiger partial charge on any atom is 0.338 e. The summed E-state index contributed by atoms with van der Waals surface area (Å²) in [6, 6.07) is 6.01. The van der Waals surface area contributed by atoms with Crippen LogP contribution in [0.4, 0.5) is 0 Å². The number of hydrogen-bond donors (Lipinski definition) is 0. The monoisotopic (exact) mass is 232 g/mol. The zero-order valence-corrected chi connectivity index (χ0v) is 10.5. The number of rotatable bonds is 4. The quantitative estimate of drug-likeness (QED) is 0.586. The molecule has 2 rings (SSSR count). The van der Waals surface area contributed by atoms with E-state index in [-0.39, 0.29) is 5.97 Å². The predicted octanol–water partition coefficient (Wildman–Crippen LogP) is 3.52. The van der Waals surface area contributed by atoms with E-state index in [0.29, 0.717) is 12.2 Å². The van der Waals surface area contributed by atoms with Gasteiger partial charge in [0.05, 0.1) is 12.2 Å². The van der Waals surface area contributed by atoms with Crippen LogP contribution in [0.5, 0.6) is 0 Å². The summed E-state index contributed by atoms with van der Waals surface area (Å²) in [7, 11) is 0. The van der Waals surface area contributed by atoms with Crippen molar-refractivity contribution in [2.75, 3.05) is 6.61 Å². The van der Waals surface area contributed by atoms with Crippen molar-refractivity contribution in [1.29, 1.82) is 0 Å². The number of benzene rings is 1. The number of hydrogen-bond acceptors (Lipinski definition) is 2. The van der Waals surface area contributed by atoms with Gasteiger partial charge in [-0.05, 0) is 55.4 Å². The van der Waals surface area contributed by atoms with Crippen molar-refractivity contribution in [1.82, 2.24) is 0 Å². The van der Waals surface area contributed by atoms with Gasteiger partial charge in [0, 0.05) is 0 Å². The molecule has 0 N–H and O–H groups in total. The molecule has 0 fully saturated rings. The summed E-state index contributed by atoms with van der Waals surface area (Å²) in [5.41, 5.74) is 3.45. The van der Waals surface area contributed by atoms with Crippen LogP contribution in [-0.2, 0) is 17.6 Å².